The average Bonchev–Trinajstić information content (AvgIpc) is 3.01. The number of rotatable bonds is 3. The van der Waals surface area contributed by atoms with Gasteiger partial charge in [0.2, 0.25) is 11.9 Å². The monoisotopic (exact) mass is 351 g/mol. The zero-order valence-electron chi connectivity index (χ0n) is 14.1. The zero-order chi connectivity index (χ0) is 18.1. The normalized spacial score (nSPS) is 12.7. The molecule has 0 spiro atoms. The molecular formula is C18H17N5O3. The van der Waals surface area contributed by atoms with Crippen molar-refractivity contribution in [3.8, 4) is 11.5 Å². The van der Waals surface area contributed by atoms with Crippen LogP contribution in [0.2, 0.25) is 0 Å². The highest BCUT2D eigenvalue weighted by Crippen LogP contribution is 2.33. The molecule has 0 saturated heterocycles. The number of hydrogen-bond donors (Lipinski definition) is 2. The van der Waals surface area contributed by atoms with Gasteiger partial charge in [-0.05, 0) is 30.7 Å². The molecule has 2 heterocycles. The van der Waals surface area contributed by atoms with Gasteiger partial charge in [-0.1, -0.05) is 18.2 Å². The summed E-state index contributed by atoms with van der Waals surface area (Å²) in [5.74, 6) is 1.24. The molecule has 1 aliphatic rings. The van der Waals surface area contributed by atoms with E-state index in [9.17, 15) is 4.79 Å². The number of aryl methyl sites for hydroxylation is 1. The van der Waals surface area contributed by atoms with Gasteiger partial charge in [0, 0.05) is 17.3 Å². The Bertz CT molecular complexity index is 983. The summed E-state index contributed by atoms with van der Waals surface area (Å²) in [4.78, 5) is 16.8. The molecule has 0 amide bonds. The van der Waals surface area contributed by atoms with Crippen LogP contribution in [0.4, 0.5) is 17.6 Å². The van der Waals surface area contributed by atoms with Crippen LogP contribution in [-0.2, 0) is 0 Å². The Labute approximate surface area is 149 Å². The summed E-state index contributed by atoms with van der Waals surface area (Å²) >= 11 is 0. The SMILES string of the molecule is Cc1ccccc1C(=O)n1nc(Nc2ccc3c(c2)OCCO3)nc1N. The van der Waals surface area contributed by atoms with Crippen LogP contribution in [0, 0.1) is 6.92 Å². The number of nitrogen functional groups attached to an aromatic ring is 1. The minimum absolute atomic E-state index is 0.0123. The van der Waals surface area contributed by atoms with Gasteiger partial charge in [-0.2, -0.15) is 9.67 Å². The number of hydrogen-bond acceptors (Lipinski definition) is 7. The van der Waals surface area contributed by atoms with Crippen molar-refractivity contribution in [2.24, 2.45) is 0 Å². The molecule has 1 aromatic heterocycles. The lowest BCUT2D eigenvalue weighted by atomic mass is 10.1. The molecule has 0 fully saturated rings. The van der Waals surface area contributed by atoms with E-state index in [1.807, 2.05) is 25.1 Å². The second-order valence-electron chi connectivity index (χ2n) is 5.81. The minimum Gasteiger partial charge on any atom is -0.486 e. The number of aromatic nitrogens is 3. The van der Waals surface area contributed by atoms with Crippen molar-refractivity contribution in [1.29, 1.82) is 0 Å². The number of anilines is 3. The number of nitrogens with two attached hydrogens (primary N) is 1. The van der Waals surface area contributed by atoms with Gasteiger partial charge < -0.3 is 20.5 Å². The largest absolute Gasteiger partial charge is 0.486 e. The lowest BCUT2D eigenvalue weighted by molar-refractivity contribution is 0.0947. The highest BCUT2D eigenvalue weighted by molar-refractivity contribution is 5.98. The van der Waals surface area contributed by atoms with Crippen LogP contribution >= 0.6 is 0 Å². The van der Waals surface area contributed by atoms with Crippen molar-refractivity contribution in [3.05, 3.63) is 53.6 Å². The maximum absolute atomic E-state index is 12.7. The van der Waals surface area contributed by atoms with Crippen molar-refractivity contribution in [2.75, 3.05) is 24.3 Å². The summed E-state index contributed by atoms with van der Waals surface area (Å²) in [7, 11) is 0. The number of nitrogens with zero attached hydrogens (tertiary/aromatic N) is 3. The van der Waals surface area contributed by atoms with E-state index in [1.54, 1.807) is 24.3 Å². The molecular weight excluding hydrogens is 334 g/mol. The maximum Gasteiger partial charge on any atom is 0.281 e. The fourth-order valence-electron chi connectivity index (χ4n) is 2.70. The molecule has 0 bridgehead atoms. The van der Waals surface area contributed by atoms with Gasteiger partial charge >= 0.3 is 0 Å². The lowest BCUT2D eigenvalue weighted by Crippen LogP contribution is -2.17. The van der Waals surface area contributed by atoms with E-state index in [2.05, 4.69) is 15.4 Å². The molecule has 3 aromatic rings. The molecule has 8 heteroatoms. The fraction of sp³-hybridized carbons (Fsp3) is 0.167. The molecule has 0 unspecified atom stereocenters. The molecule has 3 N–H and O–H groups in total. The summed E-state index contributed by atoms with van der Waals surface area (Å²) in [5, 5.41) is 7.21. The van der Waals surface area contributed by atoms with E-state index in [4.69, 9.17) is 15.2 Å². The summed E-state index contributed by atoms with van der Waals surface area (Å²) in [6.45, 7) is 2.89. The van der Waals surface area contributed by atoms with Crippen molar-refractivity contribution in [2.45, 2.75) is 6.92 Å². The first-order valence-corrected chi connectivity index (χ1v) is 8.11. The Morgan fingerprint density at radius 3 is 2.73 bits per heavy atom. The quantitative estimate of drug-likeness (QED) is 0.746. The van der Waals surface area contributed by atoms with Crippen molar-refractivity contribution < 1.29 is 14.3 Å². The van der Waals surface area contributed by atoms with E-state index >= 15 is 0 Å². The van der Waals surface area contributed by atoms with Gasteiger partial charge in [0.05, 0.1) is 0 Å². The summed E-state index contributed by atoms with van der Waals surface area (Å²) in [5.41, 5.74) is 7.95. The number of ether oxygens (including phenoxy) is 2. The Morgan fingerprint density at radius 2 is 1.92 bits per heavy atom. The van der Waals surface area contributed by atoms with Crippen LogP contribution in [0.15, 0.2) is 42.5 Å². The zero-order valence-corrected chi connectivity index (χ0v) is 14.1. The second-order valence-corrected chi connectivity index (χ2v) is 5.81. The molecule has 0 radical (unpaired) electrons. The van der Waals surface area contributed by atoms with E-state index in [-0.39, 0.29) is 17.8 Å². The third-order valence-corrected chi connectivity index (χ3v) is 4.00. The van der Waals surface area contributed by atoms with Gasteiger partial charge in [0.15, 0.2) is 11.5 Å². The first kappa shape index (κ1) is 15.9. The maximum atomic E-state index is 12.7. The van der Waals surface area contributed by atoms with E-state index in [1.165, 1.54) is 0 Å². The van der Waals surface area contributed by atoms with Gasteiger partial charge in [0.1, 0.15) is 13.2 Å². The highest BCUT2D eigenvalue weighted by Gasteiger charge is 2.18. The molecule has 2 aromatic carbocycles. The van der Waals surface area contributed by atoms with Gasteiger partial charge in [0.25, 0.3) is 5.91 Å². The summed E-state index contributed by atoms with van der Waals surface area (Å²) in [6.07, 6.45) is 0. The van der Waals surface area contributed by atoms with E-state index in [0.29, 0.717) is 36.0 Å². The number of carbonyl (C=O) groups is 1. The van der Waals surface area contributed by atoms with E-state index in [0.717, 1.165) is 10.2 Å². The Kier molecular flexibility index (Phi) is 3.92. The predicted molar refractivity (Wildman–Crippen MR) is 96.1 cm³/mol. The third-order valence-electron chi connectivity index (χ3n) is 4.00. The topological polar surface area (TPSA) is 104 Å². The van der Waals surface area contributed by atoms with Crippen molar-refractivity contribution in [1.82, 2.24) is 14.8 Å². The van der Waals surface area contributed by atoms with Crippen LogP contribution in [0.3, 0.4) is 0 Å². The van der Waals surface area contributed by atoms with Crippen LogP contribution in [0.1, 0.15) is 15.9 Å². The third kappa shape index (κ3) is 2.92. The molecule has 1 aliphatic heterocycles. The van der Waals surface area contributed by atoms with Crippen LogP contribution in [0.5, 0.6) is 11.5 Å². The Hall–Kier alpha value is -3.55. The second kappa shape index (κ2) is 6.40. The highest BCUT2D eigenvalue weighted by atomic mass is 16.6. The number of fused-ring (bicyclic) bond motifs is 1. The average molecular weight is 351 g/mol. The number of benzene rings is 2. The molecule has 0 saturated carbocycles. The molecule has 0 atom stereocenters. The predicted octanol–water partition coefficient (Wildman–Crippen LogP) is 2.37. The van der Waals surface area contributed by atoms with Crippen LogP contribution in [0.25, 0.3) is 0 Å². The molecule has 26 heavy (non-hydrogen) atoms. The fourth-order valence-corrected chi connectivity index (χ4v) is 2.70. The standard InChI is InChI=1S/C18H17N5O3/c1-11-4-2-3-5-13(11)16(24)23-17(19)21-18(22-23)20-12-6-7-14-15(10-12)26-9-8-25-14/h2-7,10H,8-9H2,1H3,(H3,19,20,21,22). The first-order chi connectivity index (χ1) is 12.6. The van der Waals surface area contributed by atoms with Crippen LogP contribution < -0.4 is 20.5 Å². The smallest absolute Gasteiger partial charge is 0.281 e. The Balaban J connectivity index is 1.59. The molecule has 8 nitrogen and oxygen atoms in total. The van der Waals surface area contributed by atoms with Crippen LogP contribution in [-0.4, -0.2) is 33.9 Å². The molecule has 0 aliphatic carbocycles. The number of carbonyl (C=O) groups excluding carboxylic acids is 1. The first-order valence-electron chi connectivity index (χ1n) is 8.11. The lowest BCUT2D eigenvalue weighted by Gasteiger charge is -2.18. The molecule has 132 valence electrons. The van der Waals surface area contributed by atoms with Gasteiger partial charge in [-0.15, -0.1) is 5.10 Å². The summed E-state index contributed by atoms with van der Waals surface area (Å²) in [6, 6.07) is 12.6. The van der Waals surface area contributed by atoms with Crippen molar-refractivity contribution >= 4 is 23.5 Å². The Morgan fingerprint density at radius 1 is 1.15 bits per heavy atom. The van der Waals surface area contributed by atoms with Gasteiger partial charge in [-0.25, -0.2) is 0 Å². The minimum atomic E-state index is -0.330. The summed E-state index contributed by atoms with van der Waals surface area (Å²) < 4.78 is 12.1. The van der Waals surface area contributed by atoms with E-state index < -0.39 is 0 Å². The number of nitrogens with one attached hydrogen (secondary N) is 1. The van der Waals surface area contributed by atoms with Crippen molar-refractivity contribution in [3.63, 3.8) is 0 Å². The van der Waals surface area contributed by atoms with Gasteiger partial charge in [-0.3, -0.25) is 4.79 Å². The molecule has 4 rings (SSSR count).